The normalized spacial score (nSPS) is 10.6. The maximum atomic E-state index is 13.9. The van der Waals surface area contributed by atoms with E-state index in [9.17, 15) is 14.0 Å². The number of nitrogens with one attached hydrogen (secondary N) is 2. The van der Waals surface area contributed by atoms with Crippen LogP contribution in [0.3, 0.4) is 0 Å². The van der Waals surface area contributed by atoms with Crippen LogP contribution >= 0.6 is 34.7 Å². The first-order valence-electron chi connectivity index (χ1n) is 9.09. The molecule has 7 nitrogen and oxygen atoms in total. The predicted octanol–water partition coefficient (Wildman–Crippen LogP) is 4.78. The topological polar surface area (TPSA) is 87.2 Å². The van der Waals surface area contributed by atoms with Crippen molar-refractivity contribution in [2.24, 2.45) is 0 Å². The molecule has 0 atom stereocenters. The molecule has 0 bridgehead atoms. The summed E-state index contributed by atoms with van der Waals surface area (Å²) in [4.78, 5) is 25.0. The number of aromatic nitrogens is 2. The second-order valence-electron chi connectivity index (χ2n) is 6.50. The zero-order chi connectivity index (χ0) is 22.4. The zero-order valence-electron chi connectivity index (χ0n) is 16.7. The molecular formula is C20H19ClFN5O2S2. The Morgan fingerprint density at radius 3 is 2.68 bits per heavy atom. The Hall–Kier alpha value is -2.69. The van der Waals surface area contributed by atoms with E-state index in [2.05, 4.69) is 20.8 Å². The maximum Gasteiger partial charge on any atom is 0.233 e. The molecule has 1 aromatic heterocycles. The number of benzene rings is 2. The Bertz CT molecular complexity index is 1070. The Labute approximate surface area is 192 Å². The van der Waals surface area contributed by atoms with E-state index in [0.717, 1.165) is 5.69 Å². The first kappa shape index (κ1) is 23.0. The van der Waals surface area contributed by atoms with Gasteiger partial charge < -0.3 is 15.5 Å². The van der Waals surface area contributed by atoms with Gasteiger partial charge in [-0.25, -0.2) is 4.39 Å². The van der Waals surface area contributed by atoms with Crippen LogP contribution in [0.4, 0.5) is 20.9 Å². The van der Waals surface area contributed by atoms with Crippen LogP contribution in [-0.2, 0) is 16.1 Å². The summed E-state index contributed by atoms with van der Waals surface area (Å²) in [7, 11) is 1.60. The van der Waals surface area contributed by atoms with Gasteiger partial charge >= 0.3 is 0 Å². The van der Waals surface area contributed by atoms with Crippen molar-refractivity contribution in [2.75, 3.05) is 23.4 Å². The van der Waals surface area contributed by atoms with Gasteiger partial charge in [-0.1, -0.05) is 46.8 Å². The Kier molecular flexibility index (Phi) is 7.83. The lowest BCUT2D eigenvalue weighted by Gasteiger charge is -2.18. The van der Waals surface area contributed by atoms with E-state index in [1.165, 1.54) is 47.1 Å². The van der Waals surface area contributed by atoms with E-state index in [0.29, 0.717) is 15.2 Å². The van der Waals surface area contributed by atoms with Crippen LogP contribution in [0.1, 0.15) is 12.5 Å². The molecule has 1 heterocycles. The summed E-state index contributed by atoms with van der Waals surface area (Å²) in [5.74, 6) is -0.646. The summed E-state index contributed by atoms with van der Waals surface area (Å²) < 4.78 is 14.5. The molecule has 3 rings (SSSR count). The summed E-state index contributed by atoms with van der Waals surface area (Å²) in [5, 5.41) is 14.8. The van der Waals surface area contributed by atoms with E-state index in [1.807, 2.05) is 6.07 Å². The molecule has 3 aromatic rings. The molecule has 0 aliphatic heterocycles. The summed E-state index contributed by atoms with van der Waals surface area (Å²) in [6.07, 6.45) is 0. The molecule has 0 saturated carbocycles. The minimum atomic E-state index is -0.442. The van der Waals surface area contributed by atoms with Gasteiger partial charge in [-0.15, -0.1) is 10.2 Å². The van der Waals surface area contributed by atoms with Crippen molar-refractivity contribution in [1.29, 1.82) is 0 Å². The van der Waals surface area contributed by atoms with Crippen molar-refractivity contribution in [2.45, 2.75) is 17.8 Å². The van der Waals surface area contributed by atoms with Gasteiger partial charge in [0.2, 0.25) is 16.9 Å². The summed E-state index contributed by atoms with van der Waals surface area (Å²) in [6, 6.07) is 11.6. The van der Waals surface area contributed by atoms with Crippen LogP contribution in [0.15, 0.2) is 46.8 Å². The lowest BCUT2D eigenvalue weighted by Crippen LogP contribution is -2.28. The molecule has 0 spiro atoms. The quantitative estimate of drug-likeness (QED) is 0.452. The van der Waals surface area contributed by atoms with Crippen molar-refractivity contribution in [3.63, 3.8) is 0 Å². The van der Waals surface area contributed by atoms with Gasteiger partial charge in [-0.05, 0) is 30.3 Å². The summed E-state index contributed by atoms with van der Waals surface area (Å²) in [5.41, 5.74) is 1.70. The Balaban J connectivity index is 1.54. The van der Waals surface area contributed by atoms with E-state index < -0.39 is 5.82 Å². The molecule has 0 aliphatic carbocycles. The maximum absolute atomic E-state index is 13.9. The summed E-state index contributed by atoms with van der Waals surface area (Å²) in [6.45, 7) is 1.52. The van der Waals surface area contributed by atoms with E-state index in [1.54, 1.807) is 31.3 Å². The number of hydrogen-bond acceptors (Lipinski definition) is 7. The largest absolute Gasteiger partial charge is 0.341 e. The monoisotopic (exact) mass is 479 g/mol. The minimum absolute atomic E-state index is 0.0818. The predicted molar refractivity (Wildman–Crippen MR) is 123 cm³/mol. The molecule has 0 saturated heterocycles. The van der Waals surface area contributed by atoms with Gasteiger partial charge in [0.1, 0.15) is 5.82 Å². The smallest absolute Gasteiger partial charge is 0.233 e. The molecule has 0 aliphatic rings. The van der Waals surface area contributed by atoms with Gasteiger partial charge in [-0.3, -0.25) is 9.59 Å². The molecule has 0 unspecified atom stereocenters. The van der Waals surface area contributed by atoms with Crippen LogP contribution in [0.25, 0.3) is 0 Å². The highest BCUT2D eigenvalue weighted by molar-refractivity contribution is 8.01. The second kappa shape index (κ2) is 10.6. The van der Waals surface area contributed by atoms with Crippen LogP contribution in [0, 0.1) is 5.82 Å². The van der Waals surface area contributed by atoms with Crippen LogP contribution in [-0.4, -0.2) is 39.7 Å². The third kappa shape index (κ3) is 6.65. The van der Waals surface area contributed by atoms with Crippen molar-refractivity contribution in [3.8, 4) is 0 Å². The highest BCUT2D eigenvalue weighted by atomic mass is 35.5. The van der Waals surface area contributed by atoms with Crippen molar-refractivity contribution in [3.05, 3.63) is 58.9 Å². The van der Waals surface area contributed by atoms with Gasteiger partial charge in [0.25, 0.3) is 0 Å². The highest BCUT2D eigenvalue weighted by Crippen LogP contribution is 2.29. The lowest BCUT2D eigenvalue weighted by atomic mass is 10.2. The van der Waals surface area contributed by atoms with Crippen LogP contribution in [0.2, 0.25) is 5.02 Å². The van der Waals surface area contributed by atoms with Crippen molar-refractivity contribution in [1.82, 2.24) is 15.1 Å². The van der Waals surface area contributed by atoms with Gasteiger partial charge in [-0.2, -0.15) is 0 Å². The van der Waals surface area contributed by atoms with E-state index in [4.69, 9.17) is 11.6 Å². The van der Waals surface area contributed by atoms with Gasteiger partial charge in [0.15, 0.2) is 4.34 Å². The van der Waals surface area contributed by atoms with Crippen LogP contribution < -0.4 is 10.6 Å². The fraction of sp³-hybridized carbons (Fsp3) is 0.200. The third-order valence-corrected chi connectivity index (χ3v) is 6.35. The van der Waals surface area contributed by atoms with Gasteiger partial charge in [0, 0.05) is 42.5 Å². The van der Waals surface area contributed by atoms with Crippen molar-refractivity contribution < 1.29 is 14.0 Å². The molecule has 2 amide bonds. The number of nitrogens with zero attached hydrogens (tertiary/aromatic N) is 3. The number of amides is 2. The number of anilines is 3. The fourth-order valence-electron chi connectivity index (χ4n) is 2.56. The molecule has 162 valence electrons. The van der Waals surface area contributed by atoms with Crippen molar-refractivity contribution >= 4 is 63.0 Å². The molecule has 2 aromatic carbocycles. The zero-order valence-corrected chi connectivity index (χ0v) is 19.1. The highest BCUT2D eigenvalue weighted by Gasteiger charge is 2.16. The first-order valence-corrected chi connectivity index (χ1v) is 11.3. The second-order valence-corrected chi connectivity index (χ2v) is 9.11. The molecule has 11 heteroatoms. The molecule has 0 fully saturated rings. The van der Waals surface area contributed by atoms with Gasteiger partial charge in [0.05, 0.1) is 5.75 Å². The molecule has 31 heavy (non-hydrogen) atoms. The lowest BCUT2D eigenvalue weighted by molar-refractivity contribution is -0.127. The first-order chi connectivity index (χ1) is 14.8. The number of carbonyl (C=O) groups is 2. The number of hydrogen-bond donors (Lipinski definition) is 2. The number of rotatable bonds is 8. The number of halogens is 2. The molecule has 2 N–H and O–H groups in total. The van der Waals surface area contributed by atoms with E-state index >= 15 is 0 Å². The summed E-state index contributed by atoms with van der Waals surface area (Å²) >= 11 is 8.58. The van der Waals surface area contributed by atoms with E-state index in [-0.39, 0.29) is 34.7 Å². The standard InChI is InChI=1S/C20H19ClFN5O2S2/c1-12(28)23-13-5-3-6-14(9-13)24-19-25-26-20(31-19)30-11-18(29)27(2)10-15-16(21)7-4-8-17(15)22/h3-9H,10-11H2,1-2H3,(H,23,28)(H,24,25). The SMILES string of the molecule is CC(=O)Nc1cccc(Nc2nnc(SCC(=O)N(C)Cc3c(F)cccc3Cl)s2)c1. The van der Waals surface area contributed by atoms with Crippen LogP contribution in [0.5, 0.6) is 0 Å². The average Bonchev–Trinajstić information content (AvgIpc) is 3.16. The molecule has 0 radical (unpaired) electrons. The third-order valence-electron chi connectivity index (χ3n) is 4.04. The average molecular weight is 480 g/mol. The number of carbonyl (C=O) groups excluding carboxylic acids is 2. The molecular weight excluding hydrogens is 461 g/mol. The minimum Gasteiger partial charge on any atom is -0.341 e. The Morgan fingerprint density at radius 1 is 1.19 bits per heavy atom. The number of thioether (sulfide) groups is 1. The Morgan fingerprint density at radius 2 is 1.94 bits per heavy atom. The fourth-order valence-corrected chi connectivity index (χ4v) is 4.50.